The lowest BCUT2D eigenvalue weighted by Crippen LogP contribution is -1.86. The van der Waals surface area contributed by atoms with Gasteiger partial charge in [-0.3, -0.25) is 0 Å². The minimum Gasteiger partial charge on any atom is -0.106 e. The highest BCUT2D eigenvalue weighted by molar-refractivity contribution is 6.29. The van der Waals surface area contributed by atoms with Crippen LogP contribution in [-0.2, 0) is 0 Å². The van der Waals surface area contributed by atoms with E-state index in [0.717, 1.165) is 24.3 Å². The summed E-state index contributed by atoms with van der Waals surface area (Å²) in [5, 5.41) is 0.871. The van der Waals surface area contributed by atoms with E-state index in [1.54, 1.807) is 0 Å². The average molecular weight is 187 g/mol. The number of rotatable bonds is 4. The quantitative estimate of drug-likeness (QED) is 0.568. The summed E-state index contributed by atoms with van der Waals surface area (Å²) >= 11 is 5.94. The van der Waals surface area contributed by atoms with Gasteiger partial charge >= 0.3 is 0 Å². The van der Waals surface area contributed by atoms with E-state index < -0.39 is 0 Å². The van der Waals surface area contributed by atoms with Crippen LogP contribution in [0.4, 0.5) is 0 Å². The van der Waals surface area contributed by atoms with Gasteiger partial charge in [-0.15, -0.1) is 5.73 Å². The van der Waals surface area contributed by atoms with E-state index >= 15 is 0 Å². The molecule has 0 aliphatic rings. The molecule has 0 bridgehead atoms. The average Bonchev–Trinajstić information content (AvgIpc) is 1.84. The van der Waals surface area contributed by atoms with Crippen molar-refractivity contribution in [3.8, 4) is 0 Å². The Bertz CT molecular complexity index is 183. The van der Waals surface area contributed by atoms with Crippen molar-refractivity contribution in [3.63, 3.8) is 0 Å². The van der Waals surface area contributed by atoms with Gasteiger partial charge in [-0.25, -0.2) is 0 Å². The van der Waals surface area contributed by atoms with Crippen LogP contribution >= 0.6 is 11.6 Å². The van der Waals surface area contributed by atoms with Crippen LogP contribution in [0.15, 0.2) is 16.3 Å². The monoisotopic (exact) mass is 186 g/mol. The van der Waals surface area contributed by atoms with Gasteiger partial charge in [0.25, 0.3) is 0 Å². The first-order valence-corrected chi connectivity index (χ1v) is 5.04. The zero-order valence-corrected chi connectivity index (χ0v) is 9.33. The maximum Gasteiger partial charge on any atom is 0.0597 e. The van der Waals surface area contributed by atoms with Gasteiger partial charge in [-0.1, -0.05) is 38.8 Å². The van der Waals surface area contributed by atoms with Gasteiger partial charge < -0.3 is 0 Å². The molecule has 0 unspecified atom stereocenters. The molecular weight excluding hydrogens is 168 g/mol. The van der Waals surface area contributed by atoms with Crippen molar-refractivity contribution < 1.29 is 0 Å². The summed E-state index contributed by atoms with van der Waals surface area (Å²) in [4.78, 5) is 0. The molecule has 0 fully saturated rings. The molecule has 0 aromatic rings. The molecule has 0 aromatic carbocycles. The molecule has 0 saturated heterocycles. The van der Waals surface area contributed by atoms with Crippen molar-refractivity contribution in [1.29, 1.82) is 0 Å². The fourth-order valence-electron chi connectivity index (χ4n) is 1.18. The fraction of sp³-hybridized carbons (Fsp3) is 0.727. The Morgan fingerprint density at radius 2 is 2.00 bits per heavy atom. The molecule has 0 radical (unpaired) electrons. The first-order chi connectivity index (χ1) is 5.56. The minimum absolute atomic E-state index is 0.698. The third kappa shape index (κ3) is 6.52. The van der Waals surface area contributed by atoms with Crippen LogP contribution in [0.5, 0.6) is 0 Å². The lowest BCUT2D eigenvalue weighted by molar-refractivity contribution is 0.643. The van der Waals surface area contributed by atoms with E-state index in [0.29, 0.717) is 5.92 Å². The third-order valence-electron chi connectivity index (χ3n) is 1.53. The largest absolute Gasteiger partial charge is 0.106 e. The molecule has 0 nitrogen and oxygen atoms in total. The molecule has 1 heteroatoms. The molecule has 0 amide bonds. The van der Waals surface area contributed by atoms with Crippen molar-refractivity contribution in [3.05, 3.63) is 16.3 Å². The predicted molar refractivity (Wildman–Crippen MR) is 56.4 cm³/mol. The highest BCUT2D eigenvalue weighted by atomic mass is 35.5. The van der Waals surface area contributed by atoms with E-state index in [1.165, 1.54) is 5.57 Å². The molecule has 0 atom stereocenters. The van der Waals surface area contributed by atoms with Crippen molar-refractivity contribution in [1.82, 2.24) is 0 Å². The first kappa shape index (κ1) is 11.8. The third-order valence-corrected chi connectivity index (χ3v) is 1.82. The second-order valence-corrected chi connectivity index (χ2v) is 4.11. The van der Waals surface area contributed by atoms with Crippen LogP contribution in [0.1, 0.15) is 47.0 Å². The van der Waals surface area contributed by atoms with E-state index in [1.807, 2.05) is 0 Å². The zero-order chi connectivity index (χ0) is 9.56. The Morgan fingerprint density at radius 3 is 2.42 bits per heavy atom. The fourth-order valence-corrected chi connectivity index (χ4v) is 1.53. The Balaban J connectivity index is 4.19. The van der Waals surface area contributed by atoms with Crippen molar-refractivity contribution in [2.24, 2.45) is 5.92 Å². The standard InChI is InChI=1S/C11H19Cl/c1-5-6-11(12)8-10(4)7-9(2)3/h9H,5-7H2,1-4H3. The topological polar surface area (TPSA) is 0 Å². The summed E-state index contributed by atoms with van der Waals surface area (Å²) in [6.07, 6.45) is 3.15. The van der Waals surface area contributed by atoms with Crippen LogP contribution in [0.3, 0.4) is 0 Å². The molecule has 0 aliphatic heterocycles. The summed E-state index contributed by atoms with van der Waals surface area (Å²) in [6, 6.07) is 0. The van der Waals surface area contributed by atoms with Gasteiger partial charge in [0.05, 0.1) is 5.03 Å². The van der Waals surface area contributed by atoms with Gasteiger partial charge in [-0.2, -0.15) is 0 Å². The molecule has 0 aromatic heterocycles. The molecule has 70 valence electrons. The molecule has 0 saturated carbocycles. The van der Waals surface area contributed by atoms with Crippen molar-refractivity contribution in [2.45, 2.75) is 47.0 Å². The summed E-state index contributed by atoms with van der Waals surface area (Å²) in [6.45, 7) is 8.64. The highest BCUT2D eigenvalue weighted by Gasteiger charge is 1.95. The van der Waals surface area contributed by atoms with E-state index in [2.05, 4.69) is 33.4 Å². The molecule has 0 N–H and O–H groups in total. The molecule has 0 rings (SSSR count). The Labute approximate surface area is 81.3 Å². The molecule has 0 spiro atoms. The second-order valence-electron chi connectivity index (χ2n) is 3.66. The van der Waals surface area contributed by atoms with Gasteiger partial charge in [0.1, 0.15) is 0 Å². The van der Waals surface area contributed by atoms with E-state index in [4.69, 9.17) is 11.6 Å². The molecule has 0 heterocycles. The van der Waals surface area contributed by atoms with Crippen molar-refractivity contribution in [2.75, 3.05) is 0 Å². The Kier molecular flexibility index (Phi) is 6.24. The SMILES string of the molecule is CCCC(Cl)=C=C(C)CC(C)C. The summed E-state index contributed by atoms with van der Waals surface area (Å²) < 4.78 is 0. The number of halogens is 1. The molecule has 12 heavy (non-hydrogen) atoms. The lowest BCUT2D eigenvalue weighted by atomic mass is 10.1. The summed E-state index contributed by atoms with van der Waals surface area (Å²) in [5.41, 5.74) is 4.48. The Hall–Kier alpha value is -0.190. The zero-order valence-electron chi connectivity index (χ0n) is 8.58. The van der Waals surface area contributed by atoms with E-state index in [9.17, 15) is 0 Å². The van der Waals surface area contributed by atoms with Crippen LogP contribution in [0.25, 0.3) is 0 Å². The Morgan fingerprint density at radius 1 is 1.42 bits per heavy atom. The minimum atomic E-state index is 0.698. The van der Waals surface area contributed by atoms with Gasteiger partial charge in [0, 0.05) is 0 Å². The molecule has 0 aliphatic carbocycles. The maximum atomic E-state index is 5.94. The first-order valence-electron chi connectivity index (χ1n) is 4.67. The van der Waals surface area contributed by atoms with Gasteiger partial charge in [0.15, 0.2) is 0 Å². The number of hydrogen-bond donors (Lipinski definition) is 0. The summed E-state index contributed by atoms with van der Waals surface area (Å²) in [5.74, 6) is 0.698. The number of hydrogen-bond acceptors (Lipinski definition) is 0. The molecular formula is C11H19Cl. The normalized spacial score (nSPS) is 9.83. The summed E-state index contributed by atoms with van der Waals surface area (Å²) in [7, 11) is 0. The van der Waals surface area contributed by atoms with Crippen LogP contribution < -0.4 is 0 Å². The van der Waals surface area contributed by atoms with Crippen LogP contribution in [-0.4, -0.2) is 0 Å². The smallest absolute Gasteiger partial charge is 0.0597 e. The van der Waals surface area contributed by atoms with Crippen molar-refractivity contribution >= 4 is 11.6 Å². The van der Waals surface area contributed by atoms with Crippen LogP contribution in [0.2, 0.25) is 0 Å². The van der Waals surface area contributed by atoms with Gasteiger partial charge in [-0.05, 0) is 31.3 Å². The lowest BCUT2D eigenvalue weighted by Gasteiger charge is -2.01. The second kappa shape index (κ2) is 6.34. The predicted octanol–water partition coefficient (Wildman–Crippen LogP) is 4.50. The van der Waals surface area contributed by atoms with E-state index in [-0.39, 0.29) is 0 Å². The number of allylic oxidation sites excluding steroid dienone is 1. The highest BCUT2D eigenvalue weighted by Crippen LogP contribution is 2.13. The van der Waals surface area contributed by atoms with Gasteiger partial charge in [0.2, 0.25) is 0 Å². The maximum absolute atomic E-state index is 5.94. The van der Waals surface area contributed by atoms with Crippen LogP contribution in [0, 0.1) is 5.92 Å².